The van der Waals surface area contributed by atoms with Gasteiger partial charge in [0.1, 0.15) is 37.6 Å². The number of amides is 2. The van der Waals surface area contributed by atoms with Crippen LogP contribution in [0, 0.1) is 0 Å². The van der Waals surface area contributed by atoms with Crippen molar-refractivity contribution in [3.05, 3.63) is 35.9 Å². The minimum absolute atomic E-state index is 0.0427. The van der Waals surface area contributed by atoms with Gasteiger partial charge in [0, 0.05) is 0 Å². The van der Waals surface area contributed by atoms with Crippen molar-refractivity contribution in [1.29, 1.82) is 0 Å². The Morgan fingerprint density at radius 1 is 1.08 bits per heavy atom. The number of alkyl carbamates (subject to hydrolysis) is 1. The third-order valence-corrected chi connectivity index (χ3v) is 3.80. The summed E-state index contributed by atoms with van der Waals surface area (Å²) in [4.78, 5) is 23.4. The summed E-state index contributed by atoms with van der Waals surface area (Å²) in [5.41, 5.74) is 0.786. The molecule has 0 spiro atoms. The molecule has 0 aromatic heterocycles. The number of aliphatic hydroxyl groups is 4. The number of benzene rings is 1. The number of hydrogen-bond donors (Lipinski definition) is 6. The van der Waals surface area contributed by atoms with E-state index in [0.717, 1.165) is 5.56 Å². The number of ether oxygens (including phenoxy) is 2. The van der Waals surface area contributed by atoms with Crippen molar-refractivity contribution in [2.24, 2.45) is 0 Å². The van der Waals surface area contributed by atoms with Crippen molar-refractivity contribution in [2.75, 3.05) is 13.2 Å². The van der Waals surface area contributed by atoms with Crippen molar-refractivity contribution in [3.8, 4) is 0 Å². The third-order valence-electron chi connectivity index (χ3n) is 3.80. The van der Waals surface area contributed by atoms with Crippen LogP contribution in [0.3, 0.4) is 0 Å². The second-order valence-electron chi connectivity index (χ2n) is 5.73. The standard InChI is InChI=1S/C16H22N2O8/c19-7-10-12(21)13(22)14(23)15(26-10)18-11(20)6-17-16(24)25-8-9-4-2-1-3-5-9/h1-5,10,12-15,19,21-23H,6-8H2,(H,17,24)(H,18,20)/t10-,12-,13+,14-,15+/m1/s1. The van der Waals surface area contributed by atoms with Gasteiger partial charge in [-0.2, -0.15) is 0 Å². The molecule has 1 saturated heterocycles. The van der Waals surface area contributed by atoms with Gasteiger partial charge in [0.15, 0.2) is 6.23 Å². The summed E-state index contributed by atoms with van der Waals surface area (Å²) in [6, 6.07) is 8.97. The van der Waals surface area contributed by atoms with E-state index in [0.29, 0.717) is 0 Å². The average Bonchev–Trinajstić information content (AvgIpc) is 2.66. The molecule has 0 radical (unpaired) electrons. The van der Waals surface area contributed by atoms with Gasteiger partial charge in [-0.3, -0.25) is 4.79 Å². The van der Waals surface area contributed by atoms with Crippen LogP contribution in [0.4, 0.5) is 4.79 Å². The molecule has 0 unspecified atom stereocenters. The van der Waals surface area contributed by atoms with E-state index in [9.17, 15) is 24.9 Å². The first-order chi connectivity index (χ1) is 12.4. The molecule has 1 aromatic rings. The van der Waals surface area contributed by atoms with Crippen LogP contribution in [0.25, 0.3) is 0 Å². The fraction of sp³-hybridized carbons (Fsp3) is 0.500. The smallest absolute Gasteiger partial charge is 0.407 e. The molecular formula is C16H22N2O8. The number of hydrogen-bond acceptors (Lipinski definition) is 8. The van der Waals surface area contributed by atoms with Crippen molar-refractivity contribution >= 4 is 12.0 Å². The summed E-state index contributed by atoms with van der Waals surface area (Å²) in [6.07, 6.45) is -8.01. The highest BCUT2D eigenvalue weighted by molar-refractivity contribution is 5.82. The first-order valence-corrected chi connectivity index (χ1v) is 7.96. The lowest BCUT2D eigenvalue weighted by Crippen LogP contribution is -2.63. The summed E-state index contributed by atoms with van der Waals surface area (Å²) in [5.74, 6) is -0.717. The fourth-order valence-corrected chi connectivity index (χ4v) is 2.36. The van der Waals surface area contributed by atoms with Crippen molar-refractivity contribution in [1.82, 2.24) is 10.6 Å². The molecule has 1 fully saturated rings. The highest BCUT2D eigenvalue weighted by Crippen LogP contribution is 2.19. The van der Waals surface area contributed by atoms with Gasteiger partial charge in [0.25, 0.3) is 0 Å². The molecule has 144 valence electrons. The van der Waals surface area contributed by atoms with Crippen molar-refractivity contribution < 1.29 is 39.5 Å². The minimum atomic E-state index is -1.60. The van der Waals surface area contributed by atoms with Crippen LogP contribution in [0.1, 0.15) is 5.56 Å². The molecule has 0 saturated carbocycles. The maximum Gasteiger partial charge on any atom is 0.407 e. The van der Waals surface area contributed by atoms with E-state index in [2.05, 4.69) is 10.6 Å². The number of rotatable bonds is 6. The zero-order valence-corrected chi connectivity index (χ0v) is 13.8. The van der Waals surface area contributed by atoms with Gasteiger partial charge in [0.2, 0.25) is 5.91 Å². The van der Waals surface area contributed by atoms with Crippen LogP contribution < -0.4 is 10.6 Å². The molecule has 1 aliphatic rings. The van der Waals surface area contributed by atoms with Crippen molar-refractivity contribution in [3.63, 3.8) is 0 Å². The SMILES string of the molecule is O=C(CNC(=O)OCc1ccccc1)N[C@H]1O[C@H](CO)[C@@H](O)[C@H](O)[C@H]1O. The van der Waals surface area contributed by atoms with Crippen LogP contribution >= 0.6 is 0 Å². The van der Waals surface area contributed by atoms with E-state index in [4.69, 9.17) is 14.6 Å². The number of nitrogens with one attached hydrogen (secondary N) is 2. The molecule has 2 amide bonds. The van der Waals surface area contributed by atoms with Crippen LogP contribution in [-0.2, 0) is 20.9 Å². The molecule has 5 atom stereocenters. The summed E-state index contributed by atoms with van der Waals surface area (Å²) in [7, 11) is 0. The Hall–Kier alpha value is -2.24. The molecule has 0 bridgehead atoms. The van der Waals surface area contributed by atoms with E-state index in [-0.39, 0.29) is 6.61 Å². The second kappa shape index (κ2) is 9.46. The summed E-state index contributed by atoms with van der Waals surface area (Å²) >= 11 is 0. The summed E-state index contributed by atoms with van der Waals surface area (Å²) in [6.45, 7) is -1.02. The molecule has 10 nitrogen and oxygen atoms in total. The van der Waals surface area contributed by atoms with Gasteiger partial charge >= 0.3 is 6.09 Å². The highest BCUT2D eigenvalue weighted by Gasteiger charge is 2.43. The summed E-state index contributed by atoms with van der Waals surface area (Å²) in [5, 5.41) is 42.7. The number of aliphatic hydroxyl groups excluding tert-OH is 4. The first-order valence-electron chi connectivity index (χ1n) is 7.96. The molecule has 0 aliphatic carbocycles. The zero-order chi connectivity index (χ0) is 19.1. The van der Waals surface area contributed by atoms with Crippen LogP contribution in [0.15, 0.2) is 30.3 Å². The number of carbonyl (C=O) groups is 2. The molecular weight excluding hydrogens is 348 g/mol. The van der Waals surface area contributed by atoms with Gasteiger partial charge in [-0.25, -0.2) is 4.79 Å². The van der Waals surface area contributed by atoms with Crippen LogP contribution in [-0.4, -0.2) is 76.2 Å². The zero-order valence-electron chi connectivity index (χ0n) is 13.8. The van der Waals surface area contributed by atoms with Gasteiger partial charge in [-0.1, -0.05) is 30.3 Å². The quantitative estimate of drug-likeness (QED) is 0.330. The Morgan fingerprint density at radius 2 is 1.77 bits per heavy atom. The van der Waals surface area contributed by atoms with Gasteiger partial charge in [-0.05, 0) is 5.56 Å². The topological polar surface area (TPSA) is 158 Å². The fourth-order valence-electron chi connectivity index (χ4n) is 2.36. The lowest BCUT2D eigenvalue weighted by Gasteiger charge is -2.40. The van der Waals surface area contributed by atoms with Crippen LogP contribution in [0.5, 0.6) is 0 Å². The Bertz CT molecular complexity index is 597. The molecule has 1 aliphatic heterocycles. The monoisotopic (exact) mass is 370 g/mol. The molecule has 26 heavy (non-hydrogen) atoms. The maximum atomic E-state index is 11.8. The molecule has 6 N–H and O–H groups in total. The van der Waals surface area contributed by atoms with Gasteiger partial charge < -0.3 is 40.5 Å². The molecule has 1 heterocycles. The lowest BCUT2D eigenvalue weighted by atomic mass is 9.98. The Labute approximate surface area is 149 Å². The Morgan fingerprint density at radius 3 is 2.42 bits per heavy atom. The van der Waals surface area contributed by atoms with Gasteiger partial charge in [0.05, 0.1) is 6.61 Å². The first kappa shape index (κ1) is 20.1. The average molecular weight is 370 g/mol. The summed E-state index contributed by atoms with van der Waals surface area (Å²) < 4.78 is 10.1. The van der Waals surface area contributed by atoms with E-state index in [1.54, 1.807) is 24.3 Å². The molecule has 10 heteroatoms. The Kier molecular flexibility index (Phi) is 7.30. The van der Waals surface area contributed by atoms with E-state index < -0.39 is 55.8 Å². The normalized spacial score (nSPS) is 28.2. The highest BCUT2D eigenvalue weighted by atomic mass is 16.6. The Balaban J connectivity index is 1.74. The lowest BCUT2D eigenvalue weighted by molar-refractivity contribution is -0.235. The second-order valence-corrected chi connectivity index (χ2v) is 5.73. The van der Waals surface area contributed by atoms with E-state index in [1.807, 2.05) is 6.07 Å². The predicted octanol–water partition coefficient (Wildman–Crippen LogP) is -2.17. The number of carbonyl (C=O) groups excluding carboxylic acids is 2. The molecule has 2 rings (SSSR count). The van der Waals surface area contributed by atoms with E-state index >= 15 is 0 Å². The maximum absolute atomic E-state index is 11.8. The van der Waals surface area contributed by atoms with Crippen LogP contribution in [0.2, 0.25) is 0 Å². The largest absolute Gasteiger partial charge is 0.445 e. The third kappa shape index (κ3) is 5.38. The minimum Gasteiger partial charge on any atom is -0.445 e. The predicted molar refractivity (Wildman–Crippen MR) is 86.5 cm³/mol. The van der Waals surface area contributed by atoms with Crippen molar-refractivity contribution in [2.45, 2.75) is 37.3 Å². The van der Waals surface area contributed by atoms with Gasteiger partial charge in [-0.15, -0.1) is 0 Å². The molecule has 1 aromatic carbocycles. The van der Waals surface area contributed by atoms with E-state index in [1.165, 1.54) is 0 Å².